The van der Waals surface area contributed by atoms with E-state index in [0.717, 1.165) is 39.0 Å². The molecule has 1 aromatic heterocycles. The monoisotopic (exact) mass is 427 g/mol. The summed E-state index contributed by atoms with van der Waals surface area (Å²) < 4.78 is 13.2. The molecule has 2 aliphatic heterocycles. The fourth-order valence-corrected chi connectivity index (χ4v) is 4.11. The van der Waals surface area contributed by atoms with Gasteiger partial charge in [-0.05, 0) is 33.1 Å². The summed E-state index contributed by atoms with van der Waals surface area (Å²) in [5.74, 6) is -0.193. The third-order valence-electron chi connectivity index (χ3n) is 5.82. The van der Waals surface area contributed by atoms with Gasteiger partial charge in [0, 0.05) is 39.4 Å². The Morgan fingerprint density at radius 3 is 2.53 bits per heavy atom. The number of carbonyl (C=O) groups is 2. The Morgan fingerprint density at radius 1 is 1.30 bits per heavy atom. The molecule has 2 saturated heterocycles. The third kappa shape index (κ3) is 6.21. The molecule has 0 unspecified atom stereocenters. The van der Waals surface area contributed by atoms with Gasteiger partial charge < -0.3 is 34.5 Å². The number of aliphatic hydroxyl groups excluding tert-OH is 1. The van der Waals surface area contributed by atoms with Crippen molar-refractivity contribution in [3.05, 3.63) is 12.7 Å². The van der Waals surface area contributed by atoms with Crippen LogP contribution in [0.3, 0.4) is 0 Å². The molecule has 0 aromatic carbocycles. The summed E-state index contributed by atoms with van der Waals surface area (Å²) in [6, 6.07) is 0. The minimum Gasteiger partial charge on any atom is -0.483 e. The summed E-state index contributed by atoms with van der Waals surface area (Å²) in [4.78, 5) is 22.9. The van der Waals surface area contributed by atoms with E-state index in [1.54, 1.807) is 12.7 Å². The van der Waals surface area contributed by atoms with Gasteiger partial charge in [-0.15, -0.1) is 10.2 Å². The molecule has 0 radical (unpaired) electrons. The van der Waals surface area contributed by atoms with Crippen LogP contribution in [0.15, 0.2) is 12.7 Å². The zero-order valence-electron chi connectivity index (χ0n) is 17.7. The molecule has 3 heterocycles. The maximum absolute atomic E-state index is 12.1. The number of likely N-dealkylation sites (tertiary alicyclic amines) is 1. The standard InChI is InChI=1S/C18H31N5O4.CH2O2/c1-3-26-12-15(24)21-17(2)6-11-27-18(16(17)25)4-7-22(8-5-18)9-10-23-13-19-20-14-23;2-1-3/h13-14,16,25H,3-12H2,1-2H3,(H,21,24);1H,(H,2,3)/t16-,17+;/m0./s1. The van der Waals surface area contributed by atoms with Crippen LogP contribution in [0.25, 0.3) is 0 Å². The van der Waals surface area contributed by atoms with Crippen LogP contribution in [0.5, 0.6) is 0 Å². The number of hydrogen-bond acceptors (Lipinski definition) is 8. The van der Waals surface area contributed by atoms with Gasteiger partial charge in [0.15, 0.2) is 0 Å². The highest BCUT2D eigenvalue weighted by atomic mass is 16.5. The average molecular weight is 428 g/mol. The van der Waals surface area contributed by atoms with Crippen molar-refractivity contribution in [2.75, 3.05) is 39.5 Å². The zero-order valence-corrected chi connectivity index (χ0v) is 17.7. The van der Waals surface area contributed by atoms with Gasteiger partial charge in [-0.1, -0.05) is 0 Å². The number of piperidine rings is 1. The summed E-state index contributed by atoms with van der Waals surface area (Å²) in [7, 11) is 0. The van der Waals surface area contributed by atoms with E-state index in [2.05, 4.69) is 20.4 Å². The Balaban J connectivity index is 0.00000101. The molecule has 0 aliphatic carbocycles. The van der Waals surface area contributed by atoms with E-state index in [4.69, 9.17) is 19.4 Å². The SMILES string of the molecule is CCOCC(=O)N[C@]1(C)CCOC2(CCN(CCn3cnnc3)CC2)[C@H]1O.O=CO. The molecular formula is C19H33N5O6. The first-order valence-corrected chi connectivity index (χ1v) is 10.2. The highest BCUT2D eigenvalue weighted by Crippen LogP contribution is 2.39. The van der Waals surface area contributed by atoms with E-state index < -0.39 is 17.2 Å². The van der Waals surface area contributed by atoms with E-state index in [-0.39, 0.29) is 19.0 Å². The Bertz CT molecular complexity index is 650. The molecule has 2 atom stereocenters. The second kappa shape index (κ2) is 11.3. The molecule has 30 heavy (non-hydrogen) atoms. The lowest BCUT2D eigenvalue weighted by molar-refractivity contribution is -0.208. The second-order valence-corrected chi connectivity index (χ2v) is 7.82. The van der Waals surface area contributed by atoms with Gasteiger partial charge in [0.05, 0.1) is 11.1 Å². The van der Waals surface area contributed by atoms with Gasteiger partial charge in [0.25, 0.3) is 6.47 Å². The van der Waals surface area contributed by atoms with Crippen LogP contribution in [0, 0.1) is 0 Å². The predicted molar refractivity (Wildman–Crippen MR) is 107 cm³/mol. The number of nitrogens with zero attached hydrogens (tertiary/aromatic N) is 4. The van der Waals surface area contributed by atoms with Crippen molar-refractivity contribution >= 4 is 12.4 Å². The number of carboxylic acid groups (broad SMARTS) is 1. The Kier molecular flexibility index (Phi) is 9.15. The number of amides is 1. The van der Waals surface area contributed by atoms with Crippen molar-refractivity contribution in [3.8, 4) is 0 Å². The number of aromatic nitrogens is 3. The Labute approximate surface area is 176 Å². The molecule has 0 bridgehead atoms. The first-order chi connectivity index (χ1) is 14.4. The van der Waals surface area contributed by atoms with Gasteiger partial charge in [-0.3, -0.25) is 9.59 Å². The van der Waals surface area contributed by atoms with Crippen molar-refractivity contribution in [2.24, 2.45) is 0 Å². The molecule has 0 saturated carbocycles. The van der Waals surface area contributed by atoms with Gasteiger partial charge >= 0.3 is 0 Å². The van der Waals surface area contributed by atoms with Crippen molar-refractivity contribution in [3.63, 3.8) is 0 Å². The van der Waals surface area contributed by atoms with Crippen molar-refractivity contribution in [1.29, 1.82) is 0 Å². The number of aliphatic hydroxyl groups is 1. The Morgan fingerprint density at radius 2 is 1.93 bits per heavy atom. The van der Waals surface area contributed by atoms with Gasteiger partial charge in [0.1, 0.15) is 25.4 Å². The summed E-state index contributed by atoms with van der Waals surface area (Å²) in [5.41, 5.74) is -1.30. The molecule has 1 aromatic rings. The predicted octanol–water partition coefficient (Wildman–Crippen LogP) is -0.494. The third-order valence-corrected chi connectivity index (χ3v) is 5.82. The molecule has 1 spiro atoms. The van der Waals surface area contributed by atoms with Crippen LogP contribution in [0.1, 0.15) is 33.1 Å². The molecule has 2 fully saturated rings. The van der Waals surface area contributed by atoms with E-state index in [1.165, 1.54) is 0 Å². The van der Waals surface area contributed by atoms with Crippen molar-refractivity contribution in [1.82, 2.24) is 25.0 Å². The lowest BCUT2D eigenvalue weighted by atomic mass is 9.73. The number of rotatable bonds is 7. The smallest absolute Gasteiger partial charge is 0.290 e. The second-order valence-electron chi connectivity index (χ2n) is 7.82. The fraction of sp³-hybridized carbons (Fsp3) is 0.789. The maximum Gasteiger partial charge on any atom is 0.290 e. The summed E-state index contributed by atoms with van der Waals surface area (Å²) in [6.45, 7) is 8.00. The lowest BCUT2D eigenvalue weighted by Crippen LogP contribution is -2.69. The van der Waals surface area contributed by atoms with Crippen molar-refractivity contribution in [2.45, 2.75) is 56.9 Å². The van der Waals surface area contributed by atoms with Gasteiger partial charge in [0.2, 0.25) is 5.91 Å². The van der Waals surface area contributed by atoms with Crippen molar-refractivity contribution < 1.29 is 29.3 Å². The molecule has 1 amide bonds. The molecular weight excluding hydrogens is 394 g/mol. The summed E-state index contributed by atoms with van der Waals surface area (Å²) in [6.07, 6.45) is 4.77. The van der Waals surface area contributed by atoms with E-state index in [1.807, 2.05) is 18.4 Å². The molecule has 3 N–H and O–H groups in total. The molecule has 2 aliphatic rings. The maximum atomic E-state index is 12.1. The van der Waals surface area contributed by atoms with E-state index in [9.17, 15) is 9.90 Å². The molecule has 11 heteroatoms. The number of hydrogen-bond donors (Lipinski definition) is 3. The minimum atomic E-state index is -0.746. The van der Waals surface area contributed by atoms with E-state index >= 15 is 0 Å². The highest BCUT2D eigenvalue weighted by Gasteiger charge is 2.53. The highest BCUT2D eigenvalue weighted by molar-refractivity contribution is 5.78. The molecule has 11 nitrogen and oxygen atoms in total. The summed E-state index contributed by atoms with van der Waals surface area (Å²) >= 11 is 0. The van der Waals surface area contributed by atoms with Crippen LogP contribution >= 0.6 is 0 Å². The number of carbonyl (C=O) groups excluding carboxylic acids is 1. The lowest BCUT2D eigenvalue weighted by Gasteiger charge is -2.53. The van der Waals surface area contributed by atoms with Crippen LogP contribution < -0.4 is 5.32 Å². The minimum absolute atomic E-state index is 0.0174. The first kappa shape index (κ1) is 24.2. The van der Waals surface area contributed by atoms with E-state index in [0.29, 0.717) is 19.6 Å². The first-order valence-electron chi connectivity index (χ1n) is 10.2. The van der Waals surface area contributed by atoms with Crippen LogP contribution in [-0.4, -0.2) is 99.0 Å². The van der Waals surface area contributed by atoms with Crippen LogP contribution in [-0.2, 0) is 25.6 Å². The summed E-state index contributed by atoms with van der Waals surface area (Å²) in [5, 5.41) is 28.6. The largest absolute Gasteiger partial charge is 0.483 e. The fourth-order valence-electron chi connectivity index (χ4n) is 4.11. The van der Waals surface area contributed by atoms with Crippen LogP contribution in [0.4, 0.5) is 0 Å². The quantitative estimate of drug-likeness (QED) is 0.492. The normalized spacial score (nSPS) is 25.9. The zero-order chi connectivity index (χ0) is 22.0. The average Bonchev–Trinajstić information content (AvgIpc) is 3.24. The molecule has 3 rings (SSSR count). The molecule has 170 valence electrons. The Hall–Kier alpha value is -2.08. The number of ether oxygens (including phenoxy) is 2. The van der Waals surface area contributed by atoms with Crippen LogP contribution in [0.2, 0.25) is 0 Å². The van der Waals surface area contributed by atoms with Gasteiger partial charge in [-0.25, -0.2) is 0 Å². The number of nitrogens with one attached hydrogen (secondary N) is 1. The topological polar surface area (TPSA) is 139 Å². The van der Waals surface area contributed by atoms with Gasteiger partial charge in [-0.2, -0.15) is 0 Å².